The molecule has 2 aliphatic carbocycles. The quantitative estimate of drug-likeness (QED) is 0.613. The summed E-state index contributed by atoms with van der Waals surface area (Å²) in [5.41, 5.74) is 0.232. The predicted octanol–water partition coefficient (Wildman–Crippen LogP) is 6.19. The third-order valence-electron chi connectivity index (χ3n) is 4.72. The van der Waals surface area contributed by atoms with Crippen molar-refractivity contribution in [1.29, 1.82) is 0 Å². The number of hydrogen-bond acceptors (Lipinski definition) is 2. The van der Waals surface area contributed by atoms with E-state index in [0.717, 1.165) is 0 Å². The minimum Gasteiger partial charge on any atom is -0.289 e. The zero-order valence-corrected chi connectivity index (χ0v) is 15.2. The van der Waals surface area contributed by atoms with Crippen molar-refractivity contribution in [3.63, 3.8) is 0 Å². The van der Waals surface area contributed by atoms with Crippen molar-refractivity contribution < 1.29 is 16.4 Å². The highest BCUT2D eigenvalue weighted by molar-refractivity contribution is 6.50. The largest absolute Gasteiger partial charge is 0.289 e. The van der Waals surface area contributed by atoms with Gasteiger partial charge in [0.25, 0.3) is 0 Å². The van der Waals surface area contributed by atoms with Gasteiger partial charge in [-0.05, 0) is 55.1 Å². The highest BCUT2D eigenvalue weighted by atomic mass is 35.5. The fourth-order valence-corrected chi connectivity index (χ4v) is 3.77. The summed E-state index contributed by atoms with van der Waals surface area (Å²) in [7, 11) is 0. The van der Waals surface area contributed by atoms with E-state index < -0.39 is 46.7 Å². The summed E-state index contributed by atoms with van der Waals surface area (Å²) < 4.78 is 43.7. The SMILES string of the molecule is [2H]C1(C2=C(Cl)C(=O)c3ccccc3C2=O)CCC(c2ccc(Cl)cc2)C([2H])([2H])C1([2H])[2H]. The van der Waals surface area contributed by atoms with Crippen molar-refractivity contribution in [3.8, 4) is 0 Å². The lowest BCUT2D eigenvalue weighted by molar-refractivity contribution is 0.0966. The summed E-state index contributed by atoms with van der Waals surface area (Å²) in [6.07, 6.45) is -5.43. The highest BCUT2D eigenvalue weighted by Crippen LogP contribution is 2.43. The van der Waals surface area contributed by atoms with E-state index in [4.69, 9.17) is 30.1 Å². The Labute approximate surface area is 169 Å². The second-order valence-corrected chi connectivity index (χ2v) is 7.10. The molecule has 2 aromatic carbocycles. The molecular formula is C22H18Cl2O2. The maximum Gasteiger partial charge on any atom is 0.205 e. The van der Waals surface area contributed by atoms with E-state index in [1.54, 1.807) is 36.4 Å². The van der Waals surface area contributed by atoms with Gasteiger partial charge in [-0.25, -0.2) is 0 Å². The van der Waals surface area contributed by atoms with Crippen LogP contribution in [0.5, 0.6) is 0 Å². The lowest BCUT2D eigenvalue weighted by Crippen LogP contribution is -2.27. The van der Waals surface area contributed by atoms with Crippen LogP contribution in [0.3, 0.4) is 0 Å². The van der Waals surface area contributed by atoms with E-state index in [-0.39, 0.29) is 24.0 Å². The van der Waals surface area contributed by atoms with Crippen LogP contribution >= 0.6 is 23.2 Å². The van der Waals surface area contributed by atoms with E-state index in [0.29, 0.717) is 10.6 Å². The molecule has 0 bridgehead atoms. The Balaban J connectivity index is 1.83. The Kier molecular flexibility index (Phi) is 3.37. The molecule has 2 nitrogen and oxygen atoms in total. The second kappa shape index (κ2) is 7.02. The number of Topliss-reactive ketones (excluding diaryl/α,β-unsaturated/α-hetero) is 2. The van der Waals surface area contributed by atoms with Crippen molar-refractivity contribution in [2.24, 2.45) is 5.89 Å². The van der Waals surface area contributed by atoms with Crippen molar-refractivity contribution in [2.75, 3.05) is 0 Å². The highest BCUT2D eigenvalue weighted by Gasteiger charge is 2.36. The van der Waals surface area contributed by atoms with Crippen LogP contribution in [-0.2, 0) is 0 Å². The minimum atomic E-state index is -2.82. The van der Waals surface area contributed by atoms with Gasteiger partial charge in [0, 0.05) is 28.6 Å². The van der Waals surface area contributed by atoms with Crippen LogP contribution in [0.15, 0.2) is 59.1 Å². The van der Waals surface area contributed by atoms with Crippen molar-refractivity contribution in [3.05, 3.63) is 80.8 Å². The summed E-state index contributed by atoms with van der Waals surface area (Å²) >= 11 is 12.2. The van der Waals surface area contributed by atoms with Gasteiger partial charge in [0.15, 0.2) is 5.78 Å². The first-order chi connectivity index (χ1) is 14.4. The number of benzene rings is 2. The monoisotopic (exact) mass is 389 g/mol. The number of fused-ring (bicyclic) bond motifs is 1. The third-order valence-corrected chi connectivity index (χ3v) is 5.33. The molecule has 1 fully saturated rings. The summed E-state index contributed by atoms with van der Waals surface area (Å²) in [6, 6.07) is 12.5. The molecule has 1 saturated carbocycles. The number of hydrogen-bond donors (Lipinski definition) is 0. The van der Waals surface area contributed by atoms with Crippen LogP contribution in [0, 0.1) is 5.89 Å². The van der Waals surface area contributed by atoms with Crippen molar-refractivity contribution in [2.45, 2.75) is 31.5 Å². The normalized spacial score (nSPS) is 32.7. The van der Waals surface area contributed by atoms with Crippen LogP contribution in [0.4, 0.5) is 0 Å². The van der Waals surface area contributed by atoms with E-state index >= 15 is 0 Å². The first-order valence-electron chi connectivity index (χ1n) is 10.8. The van der Waals surface area contributed by atoms with Crippen molar-refractivity contribution >= 4 is 34.8 Å². The first kappa shape index (κ1) is 12.5. The fraction of sp³-hybridized carbons (Fsp3) is 0.273. The number of rotatable bonds is 2. The van der Waals surface area contributed by atoms with E-state index in [1.165, 1.54) is 12.1 Å². The van der Waals surface area contributed by atoms with Gasteiger partial charge in [-0.3, -0.25) is 9.59 Å². The van der Waals surface area contributed by atoms with E-state index in [9.17, 15) is 9.59 Å². The van der Waals surface area contributed by atoms with Crippen molar-refractivity contribution in [1.82, 2.24) is 0 Å². The van der Waals surface area contributed by atoms with Crippen LogP contribution in [-0.4, -0.2) is 11.6 Å². The smallest absolute Gasteiger partial charge is 0.205 e. The molecule has 0 aliphatic heterocycles. The van der Waals surface area contributed by atoms with Gasteiger partial charge < -0.3 is 0 Å². The molecular weight excluding hydrogens is 367 g/mol. The Bertz CT molecular complexity index is 1130. The molecule has 0 saturated heterocycles. The van der Waals surface area contributed by atoms with E-state index in [1.807, 2.05) is 0 Å². The Morgan fingerprint density at radius 1 is 0.885 bits per heavy atom. The maximum absolute atomic E-state index is 13.2. The molecule has 2 aromatic rings. The Morgan fingerprint density at radius 3 is 2.23 bits per heavy atom. The molecule has 2 atom stereocenters. The molecule has 2 unspecified atom stereocenters. The Hall–Kier alpha value is -1.90. The van der Waals surface area contributed by atoms with Gasteiger partial charge in [-0.1, -0.05) is 59.6 Å². The molecule has 0 heterocycles. The summed E-state index contributed by atoms with van der Waals surface area (Å²) in [4.78, 5) is 26.0. The molecule has 0 spiro atoms. The Morgan fingerprint density at radius 2 is 1.54 bits per heavy atom. The van der Waals surface area contributed by atoms with Crippen LogP contribution < -0.4 is 0 Å². The second-order valence-electron chi connectivity index (χ2n) is 6.28. The summed E-state index contributed by atoms with van der Waals surface area (Å²) in [6.45, 7) is 0. The maximum atomic E-state index is 13.2. The van der Waals surface area contributed by atoms with Gasteiger partial charge in [-0.15, -0.1) is 0 Å². The van der Waals surface area contributed by atoms with Crippen LogP contribution in [0.25, 0.3) is 0 Å². The van der Waals surface area contributed by atoms with Gasteiger partial charge in [0.2, 0.25) is 5.78 Å². The number of halogens is 2. The average molecular weight is 390 g/mol. The van der Waals surface area contributed by atoms with Gasteiger partial charge in [0.05, 0.1) is 5.03 Å². The average Bonchev–Trinajstić information content (AvgIpc) is 2.72. The molecule has 0 N–H and O–H groups in total. The summed E-state index contributed by atoms with van der Waals surface area (Å²) in [5.74, 6) is -4.56. The van der Waals surface area contributed by atoms with Gasteiger partial charge >= 0.3 is 0 Å². The first-order valence-corrected chi connectivity index (χ1v) is 9.03. The van der Waals surface area contributed by atoms with Gasteiger partial charge in [0.1, 0.15) is 0 Å². The molecule has 0 radical (unpaired) electrons. The van der Waals surface area contributed by atoms with Crippen LogP contribution in [0.2, 0.25) is 5.02 Å². The predicted molar refractivity (Wildman–Crippen MR) is 104 cm³/mol. The molecule has 0 amide bonds. The minimum absolute atomic E-state index is 0.0507. The zero-order chi connectivity index (χ0) is 22.8. The molecule has 0 aromatic heterocycles. The molecule has 2 aliphatic rings. The third kappa shape index (κ3) is 3.02. The lowest BCUT2D eigenvalue weighted by Gasteiger charge is -2.32. The zero-order valence-electron chi connectivity index (χ0n) is 18.7. The molecule has 132 valence electrons. The number of carbonyl (C=O) groups excluding carboxylic acids is 2. The van der Waals surface area contributed by atoms with Gasteiger partial charge in [-0.2, -0.15) is 0 Å². The molecule has 26 heavy (non-hydrogen) atoms. The number of ketones is 2. The molecule has 4 heteroatoms. The fourth-order valence-electron chi connectivity index (χ4n) is 3.34. The molecule has 4 rings (SSSR count). The van der Waals surface area contributed by atoms with Crippen LogP contribution in [0.1, 0.15) is 64.6 Å². The number of allylic oxidation sites excluding steroid dienone is 2. The topological polar surface area (TPSA) is 34.1 Å². The van der Waals surface area contributed by atoms with E-state index in [2.05, 4.69) is 0 Å². The lowest BCUT2D eigenvalue weighted by atomic mass is 9.72. The summed E-state index contributed by atoms with van der Waals surface area (Å²) in [5, 5.41) is -0.0387. The standard InChI is InChI=1S/C22H18Cl2O2/c23-16-11-9-14(10-12-16)13-5-7-15(8-6-13)19-20(24)22(26)18-4-2-1-3-17(18)21(19)25/h1-4,9-13,15H,5-8H2/i5D2,7D2,15D. The number of carbonyl (C=O) groups is 2.